The van der Waals surface area contributed by atoms with Gasteiger partial charge >= 0.3 is 0 Å². The van der Waals surface area contributed by atoms with E-state index in [2.05, 4.69) is 63.6 Å². The summed E-state index contributed by atoms with van der Waals surface area (Å²) in [5.41, 5.74) is 8.02. The number of hydrogen-bond donors (Lipinski definition) is 2. The third kappa shape index (κ3) is 4.00. The quantitative estimate of drug-likeness (QED) is 0.894. The van der Waals surface area contributed by atoms with Crippen LogP contribution in [0.3, 0.4) is 0 Å². The van der Waals surface area contributed by atoms with E-state index in [1.54, 1.807) is 0 Å². The first kappa shape index (κ1) is 16.6. The number of nitrogens with zero attached hydrogens (tertiary/aromatic N) is 4. The molecule has 0 radical (unpaired) electrons. The molecule has 128 valence electrons. The van der Waals surface area contributed by atoms with Crippen LogP contribution >= 0.6 is 0 Å². The second kappa shape index (κ2) is 7.13. The molecule has 6 nitrogen and oxygen atoms in total. The van der Waals surface area contributed by atoms with Gasteiger partial charge in [-0.15, -0.1) is 0 Å². The Morgan fingerprint density at radius 2 is 1.46 bits per heavy atom. The molecule has 1 aliphatic heterocycles. The zero-order valence-electron chi connectivity index (χ0n) is 15.0. The predicted octanol–water partition coefficient (Wildman–Crippen LogP) is 3.66. The number of piperidine rings is 1. The van der Waals surface area contributed by atoms with Crippen molar-refractivity contribution in [1.82, 2.24) is 20.0 Å². The highest BCUT2D eigenvalue weighted by atomic mass is 15.5. The molecular formula is C18H26N6. The number of benzene rings is 1. The summed E-state index contributed by atoms with van der Waals surface area (Å²) in [4.78, 5) is 13.4. The standard InChI is InChI=1S/C18H26N6/c1-12-10-13(2)16(14(3)11-12)21-17-19-15(4)20-18(22-17)23-24-8-6-5-7-9-24/h10-11H,5-9H2,1-4H3,(H2,19,20,21,22,23). The van der Waals surface area contributed by atoms with Crippen molar-refractivity contribution in [2.24, 2.45) is 0 Å². The number of hydrogen-bond acceptors (Lipinski definition) is 6. The van der Waals surface area contributed by atoms with Crippen LogP contribution in [-0.2, 0) is 0 Å². The molecule has 2 aromatic rings. The van der Waals surface area contributed by atoms with Crippen molar-refractivity contribution >= 4 is 17.6 Å². The molecule has 1 fully saturated rings. The number of rotatable bonds is 4. The average molecular weight is 326 g/mol. The monoisotopic (exact) mass is 326 g/mol. The molecule has 0 saturated carbocycles. The fraction of sp³-hybridized carbons (Fsp3) is 0.500. The number of aryl methyl sites for hydroxylation is 4. The van der Waals surface area contributed by atoms with Gasteiger partial charge in [-0.2, -0.15) is 15.0 Å². The van der Waals surface area contributed by atoms with Gasteiger partial charge in [-0.25, -0.2) is 5.01 Å². The SMILES string of the molecule is Cc1cc(C)c(Nc2nc(C)nc(NN3CCCCC3)n2)c(C)c1. The number of aromatic nitrogens is 3. The molecule has 0 spiro atoms. The average Bonchev–Trinajstić information content (AvgIpc) is 2.51. The molecule has 2 heterocycles. The van der Waals surface area contributed by atoms with E-state index in [9.17, 15) is 0 Å². The largest absolute Gasteiger partial charge is 0.324 e. The Hall–Kier alpha value is -2.21. The van der Waals surface area contributed by atoms with E-state index in [0.29, 0.717) is 17.7 Å². The zero-order chi connectivity index (χ0) is 17.1. The second-order valence-electron chi connectivity index (χ2n) is 6.59. The van der Waals surface area contributed by atoms with E-state index in [1.165, 1.54) is 36.0 Å². The molecule has 1 aromatic heterocycles. The van der Waals surface area contributed by atoms with E-state index in [4.69, 9.17) is 0 Å². The van der Waals surface area contributed by atoms with Gasteiger partial charge in [0.2, 0.25) is 11.9 Å². The van der Waals surface area contributed by atoms with Crippen LogP contribution in [0.25, 0.3) is 0 Å². The maximum Gasteiger partial charge on any atom is 0.242 e. The van der Waals surface area contributed by atoms with Crippen LogP contribution < -0.4 is 10.7 Å². The van der Waals surface area contributed by atoms with Gasteiger partial charge < -0.3 is 5.32 Å². The van der Waals surface area contributed by atoms with Crippen molar-refractivity contribution in [1.29, 1.82) is 0 Å². The lowest BCUT2D eigenvalue weighted by Gasteiger charge is -2.26. The molecule has 0 unspecified atom stereocenters. The Labute approximate surface area is 143 Å². The highest BCUT2D eigenvalue weighted by Crippen LogP contribution is 2.24. The number of hydrazine groups is 1. The highest BCUT2D eigenvalue weighted by Gasteiger charge is 2.13. The van der Waals surface area contributed by atoms with Crippen molar-refractivity contribution in [3.05, 3.63) is 34.6 Å². The van der Waals surface area contributed by atoms with E-state index in [1.807, 2.05) is 6.92 Å². The van der Waals surface area contributed by atoms with Crippen LogP contribution in [0.15, 0.2) is 12.1 Å². The van der Waals surface area contributed by atoms with Crippen LogP contribution in [0.5, 0.6) is 0 Å². The van der Waals surface area contributed by atoms with Gasteiger partial charge in [-0.3, -0.25) is 5.43 Å². The molecule has 3 rings (SSSR count). The third-order valence-electron chi connectivity index (χ3n) is 4.28. The molecule has 0 aliphatic carbocycles. The molecule has 0 amide bonds. The minimum absolute atomic E-state index is 0.581. The summed E-state index contributed by atoms with van der Waals surface area (Å²) in [7, 11) is 0. The fourth-order valence-electron chi connectivity index (χ4n) is 3.22. The molecule has 1 saturated heterocycles. The number of anilines is 3. The molecule has 2 N–H and O–H groups in total. The van der Waals surface area contributed by atoms with Crippen molar-refractivity contribution < 1.29 is 0 Å². The predicted molar refractivity (Wildman–Crippen MR) is 97.5 cm³/mol. The van der Waals surface area contributed by atoms with E-state index in [0.717, 1.165) is 18.8 Å². The summed E-state index contributed by atoms with van der Waals surface area (Å²) < 4.78 is 0. The van der Waals surface area contributed by atoms with Gasteiger partial charge in [-0.1, -0.05) is 24.1 Å². The summed E-state index contributed by atoms with van der Waals surface area (Å²) >= 11 is 0. The molecule has 0 bridgehead atoms. The van der Waals surface area contributed by atoms with Gasteiger partial charge in [0.25, 0.3) is 0 Å². The van der Waals surface area contributed by atoms with Crippen LogP contribution in [0.1, 0.15) is 41.8 Å². The first-order valence-electron chi connectivity index (χ1n) is 8.60. The fourth-order valence-corrected chi connectivity index (χ4v) is 3.22. The minimum atomic E-state index is 0.581. The van der Waals surface area contributed by atoms with Crippen molar-refractivity contribution in [2.75, 3.05) is 23.8 Å². The van der Waals surface area contributed by atoms with Crippen LogP contribution in [0.4, 0.5) is 17.6 Å². The van der Waals surface area contributed by atoms with Crippen molar-refractivity contribution in [3.63, 3.8) is 0 Å². The van der Waals surface area contributed by atoms with Gasteiger partial charge in [0, 0.05) is 18.8 Å². The summed E-state index contributed by atoms with van der Waals surface area (Å²) in [6.45, 7) is 10.3. The van der Waals surface area contributed by atoms with E-state index >= 15 is 0 Å². The molecular weight excluding hydrogens is 300 g/mol. The summed E-state index contributed by atoms with van der Waals surface area (Å²) in [6, 6.07) is 4.33. The third-order valence-corrected chi connectivity index (χ3v) is 4.28. The summed E-state index contributed by atoms with van der Waals surface area (Å²) in [5, 5.41) is 5.55. The van der Waals surface area contributed by atoms with Crippen LogP contribution in [0, 0.1) is 27.7 Å². The van der Waals surface area contributed by atoms with Crippen LogP contribution in [-0.4, -0.2) is 33.1 Å². The lowest BCUT2D eigenvalue weighted by atomic mass is 10.1. The first-order chi connectivity index (χ1) is 11.5. The Morgan fingerprint density at radius 1 is 0.833 bits per heavy atom. The summed E-state index contributed by atoms with van der Waals surface area (Å²) in [6.07, 6.45) is 3.72. The lowest BCUT2D eigenvalue weighted by molar-refractivity contribution is 0.271. The maximum atomic E-state index is 4.54. The van der Waals surface area contributed by atoms with E-state index in [-0.39, 0.29) is 0 Å². The number of nitrogens with one attached hydrogen (secondary N) is 2. The topological polar surface area (TPSA) is 66.0 Å². The molecule has 1 aliphatic rings. The Bertz CT molecular complexity index is 698. The Balaban J connectivity index is 1.81. The van der Waals surface area contributed by atoms with Crippen LogP contribution in [0.2, 0.25) is 0 Å². The van der Waals surface area contributed by atoms with Crippen molar-refractivity contribution in [3.8, 4) is 0 Å². The van der Waals surface area contributed by atoms with E-state index < -0.39 is 0 Å². The smallest absolute Gasteiger partial charge is 0.242 e. The van der Waals surface area contributed by atoms with Gasteiger partial charge in [0.15, 0.2) is 0 Å². The molecule has 0 atom stereocenters. The van der Waals surface area contributed by atoms with Gasteiger partial charge in [0.1, 0.15) is 5.82 Å². The molecule has 24 heavy (non-hydrogen) atoms. The zero-order valence-corrected chi connectivity index (χ0v) is 15.0. The molecule has 1 aromatic carbocycles. The Kier molecular flexibility index (Phi) is 4.94. The normalized spacial score (nSPS) is 15.3. The molecule has 6 heteroatoms. The van der Waals surface area contributed by atoms with Gasteiger partial charge in [0.05, 0.1) is 0 Å². The maximum absolute atomic E-state index is 4.54. The summed E-state index contributed by atoms with van der Waals surface area (Å²) in [5.74, 6) is 1.89. The van der Waals surface area contributed by atoms with Gasteiger partial charge in [-0.05, 0) is 51.7 Å². The second-order valence-corrected chi connectivity index (χ2v) is 6.59. The lowest BCUT2D eigenvalue weighted by Crippen LogP contribution is -2.35. The van der Waals surface area contributed by atoms with Crippen molar-refractivity contribution in [2.45, 2.75) is 47.0 Å². The highest BCUT2D eigenvalue weighted by molar-refractivity contribution is 5.64. The Morgan fingerprint density at radius 3 is 2.12 bits per heavy atom. The minimum Gasteiger partial charge on any atom is -0.324 e. The first-order valence-corrected chi connectivity index (χ1v) is 8.60.